The minimum absolute atomic E-state index is 0.517. The molecule has 132 valence electrons. The number of nitriles is 1. The maximum atomic E-state index is 9.85. The summed E-state index contributed by atoms with van der Waals surface area (Å²) in [5.74, 6) is 6.14. The topological polar surface area (TPSA) is 51.5 Å². The van der Waals surface area contributed by atoms with Crippen molar-refractivity contribution in [2.45, 2.75) is 84.4 Å². The highest BCUT2D eigenvalue weighted by Gasteiger charge is 2.44. The molecule has 0 aliphatic rings. The predicted molar refractivity (Wildman–Crippen MR) is 96.4 cm³/mol. The van der Waals surface area contributed by atoms with Crippen molar-refractivity contribution >= 4 is 8.32 Å². The Labute approximate surface area is 143 Å². The molecule has 0 heterocycles. The van der Waals surface area contributed by atoms with Crippen LogP contribution in [0.25, 0.3) is 0 Å². The lowest BCUT2D eigenvalue weighted by Gasteiger charge is -2.35. The lowest BCUT2D eigenvalue weighted by atomic mass is 10.1. The second-order valence-corrected chi connectivity index (χ2v) is 11.0. The molecule has 0 saturated carbocycles. The summed E-state index contributed by atoms with van der Waals surface area (Å²) >= 11 is 0. The standard InChI is InChI=1S/C18H33NO3Si/c1-7-10-11-12-13-18(16-19,22-23(4,5)6)17(20-14-8-2)21-15-9-3/h17H,7-11,14-15H2,1-6H3. The van der Waals surface area contributed by atoms with Crippen LogP contribution in [0.1, 0.15) is 52.9 Å². The number of nitrogens with zero attached hydrogens (tertiary/aromatic N) is 1. The molecule has 1 atom stereocenters. The van der Waals surface area contributed by atoms with E-state index in [1.807, 2.05) is 33.5 Å². The molecule has 1 unspecified atom stereocenters. The van der Waals surface area contributed by atoms with Crippen LogP contribution in [0.2, 0.25) is 19.6 Å². The highest BCUT2D eigenvalue weighted by Crippen LogP contribution is 2.25. The van der Waals surface area contributed by atoms with Crippen LogP contribution in [0.3, 0.4) is 0 Å². The number of unbranched alkanes of at least 4 members (excludes halogenated alkanes) is 2. The highest BCUT2D eigenvalue weighted by atomic mass is 28.4. The molecule has 0 aliphatic heterocycles. The first-order valence-electron chi connectivity index (χ1n) is 8.69. The molecule has 0 spiro atoms. The van der Waals surface area contributed by atoms with Gasteiger partial charge in [-0.1, -0.05) is 33.1 Å². The van der Waals surface area contributed by atoms with Gasteiger partial charge in [0.1, 0.15) is 6.07 Å². The van der Waals surface area contributed by atoms with Crippen molar-refractivity contribution in [2.24, 2.45) is 0 Å². The molecule has 0 aliphatic carbocycles. The molecule has 0 fully saturated rings. The van der Waals surface area contributed by atoms with E-state index in [0.29, 0.717) is 13.2 Å². The smallest absolute Gasteiger partial charge is 0.258 e. The largest absolute Gasteiger partial charge is 0.387 e. The molecule has 0 radical (unpaired) electrons. The van der Waals surface area contributed by atoms with E-state index >= 15 is 0 Å². The molecular weight excluding hydrogens is 306 g/mol. The second kappa shape index (κ2) is 11.6. The van der Waals surface area contributed by atoms with Gasteiger partial charge in [0.15, 0.2) is 8.32 Å². The first kappa shape index (κ1) is 22.1. The normalized spacial score (nSPS) is 14.0. The van der Waals surface area contributed by atoms with Gasteiger partial charge in [0.2, 0.25) is 6.29 Å². The van der Waals surface area contributed by atoms with Gasteiger partial charge in [-0.3, -0.25) is 0 Å². The summed E-state index contributed by atoms with van der Waals surface area (Å²) in [6.07, 6.45) is 3.77. The molecule has 4 nitrogen and oxygen atoms in total. The van der Waals surface area contributed by atoms with Crippen LogP contribution >= 0.6 is 0 Å². The third-order valence-electron chi connectivity index (χ3n) is 2.84. The molecule has 0 rings (SSSR count). The zero-order valence-corrected chi connectivity index (χ0v) is 16.7. The van der Waals surface area contributed by atoms with E-state index in [-0.39, 0.29) is 0 Å². The summed E-state index contributed by atoms with van der Waals surface area (Å²) in [4.78, 5) is 0. The van der Waals surface area contributed by atoms with Crippen molar-refractivity contribution in [2.75, 3.05) is 13.2 Å². The van der Waals surface area contributed by atoms with Crippen molar-refractivity contribution in [3.63, 3.8) is 0 Å². The van der Waals surface area contributed by atoms with Crippen LogP contribution in [0, 0.1) is 23.2 Å². The Hall–Kier alpha value is -0.853. The van der Waals surface area contributed by atoms with Gasteiger partial charge < -0.3 is 13.9 Å². The fourth-order valence-corrected chi connectivity index (χ4v) is 3.07. The zero-order chi connectivity index (χ0) is 17.8. The maximum Gasteiger partial charge on any atom is 0.258 e. The molecule has 23 heavy (non-hydrogen) atoms. The second-order valence-electron chi connectivity index (χ2n) is 6.54. The van der Waals surface area contributed by atoms with Gasteiger partial charge in [0, 0.05) is 19.6 Å². The van der Waals surface area contributed by atoms with Crippen LogP contribution in [-0.4, -0.2) is 33.4 Å². The molecule has 0 amide bonds. The first-order valence-corrected chi connectivity index (χ1v) is 12.1. The third kappa shape index (κ3) is 9.13. The van der Waals surface area contributed by atoms with Crippen molar-refractivity contribution in [1.29, 1.82) is 5.26 Å². The molecule has 0 saturated heterocycles. The Morgan fingerprint density at radius 3 is 1.96 bits per heavy atom. The maximum absolute atomic E-state index is 9.85. The number of rotatable bonds is 11. The van der Waals surface area contributed by atoms with Crippen molar-refractivity contribution < 1.29 is 13.9 Å². The molecular formula is C18H33NO3Si. The number of hydrogen-bond donors (Lipinski definition) is 0. The van der Waals surface area contributed by atoms with E-state index in [1.165, 1.54) is 0 Å². The molecule has 0 aromatic rings. The average molecular weight is 340 g/mol. The minimum Gasteiger partial charge on any atom is -0.387 e. The molecule has 0 aromatic heterocycles. The molecule has 5 heteroatoms. The zero-order valence-electron chi connectivity index (χ0n) is 15.7. The lowest BCUT2D eigenvalue weighted by molar-refractivity contribution is -0.196. The van der Waals surface area contributed by atoms with Gasteiger partial charge in [-0.25, -0.2) is 0 Å². The van der Waals surface area contributed by atoms with Gasteiger partial charge in [-0.05, 0) is 44.8 Å². The Morgan fingerprint density at radius 2 is 1.57 bits per heavy atom. The Balaban J connectivity index is 5.50. The van der Waals surface area contributed by atoms with Gasteiger partial charge in [0.25, 0.3) is 5.60 Å². The summed E-state index contributed by atoms with van der Waals surface area (Å²) in [5, 5.41) is 9.85. The summed E-state index contributed by atoms with van der Waals surface area (Å²) in [5.41, 5.74) is -1.34. The van der Waals surface area contributed by atoms with Crippen LogP contribution in [-0.2, 0) is 13.9 Å². The van der Waals surface area contributed by atoms with Crippen LogP contribution < -0.4 is 0 Å². The van der Waals surface area contributed by atoms with E-state index in [0.717, 1.165) is 32.1 Å². The third-order valence-corrected chi connectivity index (χ3v) is 3.78. The van der Waals surface area contributed by atoms with Crippen molar-refractivity contribution in [3.8, 4) is 17.9 Å². The lowest BCUT2D eigenvalue weighted by Crippen LogP contribution is -2.51. The van der Waals surface area contributed by atoms with Crippen LogP contribution in [0.15, 0.2) is 0 Å². The summed E-state index contributed by atoms with van der Waals surface area (Å²) in [6.45, 7) is 13.3. The highest BCUT2D eigenvalue weighted by molar-refractivity contribution is 6.69. The Kier molecular flexibility index (Phi) is 11.2. The van der Waals surface area contributed by atoms with Crippen LogP contribution in [0.5, 0.6) is 0 Å². The van der Waals surface area contributed by atoms with Gasteiger partial charge >= 0.3 is 0 Å². The van der Waals surface area contributed by atoms with E-state index in [1.54, 1.807) is 0 Å². The molecule has 0 bridgehead atoms. The summed E-state index contributed by atoms with van der Waals surface area (Å²) < 4.78 is 17.8. The van der Waals surface area contributed by atoms with E-state index in [9.17, 15) is 5.26 Å². The van der Waals surface area contributed by atoms with Gasteiger partial charge in [-0.15, -0.1) is 0 Å². The quantitative estimate of drug-likeness (QED) is 0.241. The first-order chi connectivity index (χ1) is 10.8. The van der Waals surface area contributed by atoms with Gasteiger partial charge in [0.05, 0.1) is 0 Å². The van der Waals surface area contributed by atoms with Crippen LogP contribution in [0.4, 0.5) is 0 Å². The van der Waals surface area contributed by atoms with E-state index < -0.39 is 20.2 Å². The minimum atomic E-state index is -2.01. The monoisotopic (exact) mass is 339 g/mol. The number of ether oxygens (including phenoxy) is 2. The molecule has 0 N–H and O–H groups in total. The Bertz CT molecular complexity index is 409. The number of hydrogen-bond acceptors (Lipinski definition) is 4. The van der Waals surface area contributed by atoms with Gasteiger partial charge in [-0.2, -0.15) is 5.26 Å². The predicted octanol–water partition coefficient (Wildman–Crippen LogP) is 4.47. The van der Waals surface area contributed by atoms with E-state index in [2.05, 4.69) is 24.8 Å². The summed E-state index contributed by atoms with van der Waals surface area (Å²) in [6, 6.07) is 2.26. The Morgan fingerprint density at radius 1 is 1.00 bits per heavy atom. The van der Waals surface area contributed by atoms with Crippen molar-refractivity contribution in [1.82, 2.24) is 0 Å². The summed E-state index contributed by atoms with van der Waals surface area (Å²) in [7, 11) is -2.01. The fourth-order valence-electron chi connectivity index (χ4n) is 1.91. The average Bonchev–Trinajstić information content (AvgIpc) is 2.49. The van der Waals surface area contributed by atoms with E-state index in [4.69, 9.17) is 13.9 Å². The van der Waals surface area contributed by atoms with Crippen molar-refractivity contribution in [3.05, 3.63) is 0 Å². The fraction of sp³-hybridized carbons (Fsp3) is 0.833. The SMILES string of the molecule is CCCCC#CC(C#N)(O[Si](C)(C)C)C(OCCC)OCCC. The molecule has 0 aromatic carbocycles.